The first kappa shape index (κ1) is 9.92. The normalized spacial score (nSPS) is 10.6. The van der Waals surface area contributed by atoms with Gasteiger partial charge in [0.25, 0.3) is 0 Å². The van der Waals surface area contributed by atoms with Crippen LogP contribution in [0.5, 0.6) is 0 Å². The van der Waals surface area contributed by atoms with Gasteiger partial charge in [-0.2, -0.15) is 0 Å². The van der Waals surface area contributed by atoms with Crippen molar-refractivity contribution in [2.75, 3.05) is 0 Å². The van der Waals surface area contributed by atoms with Crippen molar-refractivity contribution in [3.8, 4) is 0 Å². The molecule has 0 heterocycles. The van der Waals surface area contributed by atoms with Gasteiger partial charge in [0, 0.05) is 6.08 Å². The highest BCUT2D eigenvalue weighted by Gasteiger charge is 1.97. The zero-order valence-electron chi connectivity index (χ0n) is 6.63. The van der Waals surface area contributed by atoms with Gasteiger partial charge in [-0.05, 0) is 39.7 Å². The van der Waals surface area contributed by atoms with Gasteiger partial charge in [0.2, 0.25) is 5.91 Å². The van der Waals surface area contributed by atoms with Crippen LogP contribution >= 0.6 is 15.9 Å². The van der Waals surface area contributed by atoms with Gasteiger partial charge in [0.05, 0.1) is 4.47 Å². The van der Waals surface area contributed by atoms with Crippen LogP contribution in [0.15, 0.2) is 28.7 Å². The van der Waals surface area contributed by atoms with Crippen molar-refractivity contribution < 1.29 is 9.18 Å². The molecule has 13 heavy (non-hydrogen) atoms. The Bertz CT molecular complexity index is 363. The third kappa shape index (κ3) is 2.99. The monoisotopic (exact) mass is 243 g/mol. The summed E-state index contributed by atoms with van der Waals surface area (Å²) in [5.41, 5.74) is 5.48. The average molecular weight is 244 g/mol. The van der Waals surface area contributed by atoms with Crippen LogP contribution in [0.4, 0.5) is 4.39 Å². The molecule has 0 saturated carbocycles. The molecule has 2 nitrogen and oxygen atoms in total. The molecule has 68 valence electrons. The third-order valence-electron chi connectivity index (χ3n) is 1.38. The minimum atomic E-state index is -0.552. The quantitative estimate of drug-likeness (QED) is 0.795. The minimum absolute atomic E-state index is 0.369. The number of hydrogen-bond acceptors (Lipinski definition) is 1. The molecule has 1 amide bonds. The molecule has 1 rings (SSSR count). The van der Waals surface area contributed by atoms with Crippen molar-refractivity contribution in [2.24, 2.45) is 5.73 Å². The van der Waals surface area contributed by atoms with Crippen LogP contribution in [-0.4, -0.2) is 5.91 Å². The first-order valence-corrected chi connectivity index (χ1v) is 4.31. The van der Waals surface area contributed by atoms with E-state index in [1.54, 1.807) is 12.1 Å². The number of carbonyl (C=O) groups excluding carboxylic acids is 1. The summed E-state index contributed by atoms with van der Waals surface area (Å²) in [6, 6.07) is 4.55. The zero-order chi connectivity index (χ0) is 9.84. The predicted octanol–water partition coefficient (Wildman–Crippen LogP) is 2.09. The summed E-state index contributed by atoms with van der Waals surface area (Å²) in [6.07, 6.45) is 2.64. The highest BCUT2D eigenvalue weighted by molar-refractivity contribution is 9.10. The van der Waals surface area contributed by atoms with Crippen molar-refractivity contribution in [1.82, 2.24) is 0 Å². The van der Waals surface area contributed by atoms with Crippen molar-refractivity contribution in [3.05, 3.63) is 40.1 Å². The smallest absolute Gasteiger partial charge is 0.241 e. The standard InChI is InChI=1S/C9H7BrFNO/c10-7-3-1-6(5-8(7)11)2-4-9(12)13/h1-5H,(H2,12,13). The van der Waals surface area contributed by atoms with Gasteiger partial charge in [-0.15, -0.1) is 0 Å². The molecule has 1 aromatic rings. The van der Waals surface area contributed by atoms with Crippen LogP contribution < -0.4 is 5.73 Å². The number of nitrogens with two attached hydrogens (primary N) is 1. The first-order chi connectivity index (χ1) is 6.09. The summed E-state index contributed by atoms with van der Waals surface area (Å²) in [7, 11) is 0. The maximum absolute atomic E-state index is 12.9. The number of halogens is 2. The Morgan fingerprint density at radius 2 is 2.23 bits per heavy atom. The topological polar surface area (TPSA) is 43.1 Å². The first-order valence-electron chi connectivity index (χ1n) is 3.52. The number of amides is 1. The fourth-order valence-electron chi connectivity index (χ4n) is 0.794. The highest BCUT2D eigenvalue weighted by atomic mass is 79.9. The molecule has 0 bridgehead atoms. The lowest BCUT2D eigenvalue weighted by atomic mass is 10.2. The average Bonchev–Trinajstić information content (AvgIpc) is 2.07. The van der Waals surface area contributed by atoms with E-state index in [4.69, 9.17) is 5.73 Å². The SMILES string of the molecule is NC(=O)C=Cc1ccc(Br)c(F)c1. The molecular formula is C9H7BrFNO. The van der Waals surface area contributed by atoms with Crippen LogP contribution in [-0.2, 0) is 4.79 Å². The second-order valence-electron chi connectivity index (χ2n) is 2.41. The zero-order valence-corrected chi connectivity index (χ0v) is 8.21. The summed E-state index contributed by atoms with van der Waals surface area (Å²) in [6.45, 7) is 0. The van der Waals surface area contributed by atoms with E-state index < -0.39 is 5.91 Å². The van der Waals surface area contributed by atoms with Crippen LogP contribution in [0.1, 0.15) is 5.56 Å². The van der Waals surface area contributed by atoms with Crippen molar-refractivity contribution in [1.29, 1.82) is 0 Å². The third-order valence-corrected chi connectivity index (χ3v) is 2.03. The molecule has 0 fully saturated rings. The molecule has 0 aliphatic carbocycles. The lowest BCUT2D eigenvalue weighted by Gasteiger charge is -1.95. The van der Waals surface area contributed by atoms with E-state index in [9.17, 15) is 9.18 Å². The van der Waals surface area contributed by atoms with E-state index in [1.807, 2.05) is 0 Å². The second-order valence-corrected chi connectivity index (χ2v) is 3.26. The summed E-state index contributed by atoms with van der Waals surface area (Å²) in [5.74, 6) is -0.921. The van der Waals surface area contributed by atoms with E-state index in [-0.39, 0.29) is 5.82 Å². The van der Waals surface area contributed by atoms with Crippen LogP contribution in [0.2, 0.25) is 0 Å². The largest absolute Gasteiger partial charge is 0.366 e. The maximum Gasteiger partial charge on any atom is 0.241 e. The summed E-state index contributed by atoms with van der Waals surface area (Å²) in [5, 5.41) is 0. The van der Waals surface area contributed by atoms with Crippen LogP contribution in [0, 0.1) is 5.82 Å². The number of carbonyl (C=O) groups is 1. The Kier molecular flexibility index (Phi) is 3.19. The Morgan fingerprint density at radius 3 is 2.77 bits per heavy atom. The molecule has 1 aromatic carbocycles. The number of rotatable bonds is 2. The Balaban J connectivity index is 2.92. The van der Waals surface area contributed by atoms with Gasteiger partial charge >= 0.3 is 0 Å². The molecule has 2 N–H and O–H groups in total. The maximum atomic E-state index is 12.9. The van der Waals surface area contributed by atoms with E-state index in [0.717, 1.165) is 0 Å². The summed E-state index contributed by atoms with van der Waals surface area (Å²) < 4.78 is 13.3. The van der Waals surface area contributed by atoms with Gasteiger partial charge in [0.1, 0.15) is 5.82 Å². The molecule has 0 unspecified atom stereocenters. The summed E-state index contributed by atoms with van der Waals surface area (Å²) >= 11 is 3.02. The molecule has 0 spiro atoms. The van der Waals surface area contributed by atoms with Crippen LogP contribution in [0.25, 0.3) is 6.08 Å². The molecule has 4 heteroatoms. The highest BCUT2D eigenvalue weighted by Crippen LogP contribution is 2.16. The number of hydrogen-bond donors (Lipinski definition) is 1. The Labute approximate surface area is 83.4 Å². The van der Waals surface area contributed by atoms with Gasteiger partial charge < -0.3 is 5.73 Å². The Morgan fingerprint density at radius 1 is 1.54 bits per heavy atom. The van der Waals surface area contributed by atoms with Crippen molar-refractivity contribution in [3.63, 3.8) is 0 Å². The second kappa shape index (κ2) is 4.18. The molecule has 0 atom stereocenters. The van der Waals surface area contributed by atoms with E-state index in [2.05, 4.69) is 15.9 Å². The lowest BCUT2D eigenvalue weighted by Crippen LogP contribution is -2.05. The van der Waals surface area contributed by atoms with Gasteiger partial charge in [-0.1, -0.05) is 6.07 Å². The van der Waals surface area contributed by atoms with Crippen molar-refractivity contribution >= 4 is 27.9 Å². The van der Waals surface area contributed by atoms with Gasteiger partial charge in [-0.25, -0.2) is 4.39 Å². The molecule has 0 radical (unpaired) electrons. The molecular weight excluding hydrogens is 237 g/mol. The van der Waals surface area contributed by atoms with Crippen LogP contribution in [0.3, 0.4) is 0 Å². The van der Waals surface area contributed by atoms with Gasteiger partial charge in [0.15, 0.2) is 0 Å². The van der Waals surface area contributed by atoms with E-state index >= 15 is 0 Å². The number of benzene rings is 1. The van der Waals surface area contributed by atoms with E-state index in [0.29, 0.717) is 10.0 Å². The minimum Gasteiger partial charge on any atom is -0.366 e. The molecule has 0 saturated heterocycles. The number of primary amides is 1. The fraction of sp³-hybridized carbons (Fsp3) is 0. The summed E-state index contributed by atoms with van der Waals surface area (Å²) in [4.78, 5) is 10.4. The predicted molar refractivity (Wildman–Crippen MR) is 52.3 cm³/mol. The fourth-order valence-corrected chi connectivity index (χ4v) is 1.04. The molecule has 0 aliphatic heterocycles. The van der Waals surface area contributed by atoms with Crippen molar-refractivity contribution in [2.45, 2.75) is 0 Å². The molecule has 0 aromatic heterocycles. The molecule has 0 aliphatic rings. The van der Waals surface area contributed by atoms with E-state index in [1.165, 1.54) is 18.2 Å². The van der Waals surface area contributed by atoms with Gasteiger partial charge in [-0.3, -0.25) is 4.79 Å². The lowest BCUT2D eigenvalue weighted by molar-refractivity contribution is -0.113. The Hall–Kier alpha value is -1.16.